The van der Waals surface area contributed by atoms with Crippen LogP contribution < -0.4 is 10.1 Å². The van der Waals surface area contributed by atoms with Crippen LogP contribution in [0.25, 0.3) is 0 Å². The Labute approximate surface area is 142 Å². The standard InChI is InChI=1S/C20H23NO3/c1-12(2)16-11-17(13(3)10-18(16)22)21-20(23)15-8-9-24-19-7-5-4-6-14(15)19/h4-7,10-12,15,22H,8-9H2,1-3H3,(H,21,23). The highest BCUT2D eigenvalue weighted by Crippen LogP contribution is 2.35. The Morgan fingerprint density at radius 3 is 2.79 bits per heavy atom. The Kier molecular flexibility index (Phi) is 4.47. The summed E-state index contributed by atoms with van der Waals surface area (Å²) in [4.78, 5) is 12.8. The SMILES string of the molecule is Cc1cc(O)c(C(C)C)cc1NC(=O)C1CCOc2ccccc21. The number of anilines is 1. The molecule has 24 heavy (non-hydrogen) atoms. The molecule has 0 fully saturated rings. The summed E-state index contributed by atoms with van der Waals surface area (Å²) in [7, 11) is 0. The molecule has 1 heterocycles. The van der Waals surface area contributed by atoms with E-state index >= 15 is 0 Å². The van der Waals surface area contributed by atoms with Crippen LogP contribution in [0.3, 0.4) is 0 Å². The number of aromatic hydroxyl groups is 1. The maximum Gasteiger partial charge on any atom is 0.232 e. The molecule has 0 saturated heterocycles. The van der Waals surface area contributed by atoms with Gasteiger partial charge in [-0.2, -0.15) is 0 Å². The number of phenols is 1. The number of phenolic OH excluding ortho intramolecular Hbond substituents is 1. The van der Waals surface area contributed by atoms with E-state index in [1.807, 2.05) is 51.1 Å². The molecule has 1 aliphatic rings. The third-order valence-electron chi connectivity index (χ3n) is 4.53. The van der Waals surface area contributed by atoms with E-state index in [9.17, 15) is 9.90 Å². The van der Waals surface area contributed by atoms with Gasteiger partial charge in [0, 0.05) is 11.3 Å². The van der Waals surface area contributed by atoms with Gasteiger partial charge >= 0.3 is 0 Å². The number of amides is 1. The lowest BCUT2D eigenvalue weighted by Gasteiger charge is -2.25. The molecule has 1 unspecified atom stereocenters. The van der Waals surface area contributed by atoms with Crippen molar-refractivity contribution in [2.75, 3.05) is 11.9 Å². The number of hydrogen-bond donors (Lipinski definition) is 2. The van der Waals surface area contributed by atoms with Crippen molar-refractivity contribution in [3.05, 3.63) is 53.1 Å². The highest BCUT2D eigenvalue weighted by molar-refractivity contribution is 5.97. The van der Waals surface area contributed by atoms with Crippen LogP contribution in [0.15, 0.2) is 36.4 Å². The Morgan fingerprint density at radius 2 is 2.04 bits per heavy atom. The van der Waals surface area contributed by atoms with Gasteiger partial charge in [0.05, 0.1) is 12.5 Å². The second-order valence-electron chi connectivity index (χ2n) is 6.60. The Bertz CT molecular complexity index is 767. The number of carbonyl (C=O) groups excluding carboxylic acids is 1. The molecule has 1 amide bonds. The summed E-state index contributed by atoms with van der Waals surface area (Å²) in [6.45, 7) is 6.47. The van der Waals surface area contributed by atoms with Gasteiger partial charge in [-0.25, -0.2) is 0 Å². The fourth-order valence-electron chi connectivity index (χ4n) is 3.14. The highest BCUT2D eigenvalue weighted by atomic mass is 16.5. The number of fused-ring (bicyclic) bond motifs is 1. The number of para-hydroxylation sites is 1. The van der Waals surface area contributed by atoms with Crippen molar-refractivity contribution in [3.63, 3.8) is 0 Å². The van der Waals surface area contributed by atoms with Crippen molar-refractivity contribution < 1.29 is 14.6 Å². The summed E-state index contributed by atoms with van der Waals surface area (Å²) in [5.41, 5.74) is 3.38. The third-order valence-corrected chi connectivity index (χ3v) is 4.53. The molecule has 0 aromatic heterocycles. The fourth-order valence-corrected chi connectivity index (χ4v) is 3.14. The third kappa shape index (κ3) is 3.09. The predicted octanol–water partition coefficient (Wildman–Crippen LogP) is 4.33. The maximum absolute atomic E-state index is 12.8. The maximum atomic E-state index is 12.8. The van der Waals surface area contributed by atoms with E-state index < -0.39 is 0 Å². The van der Waals surface area contributed by atoms with Gasteiger partial charge in [0.1, 0.15) is 11.5 Å². The zero-order valence-corrected chi connectivity index (χ0v) is 14.3. The topological polar surface area (TPSA) is 58.6 Å². The molecule has 2 N–H and O–H groups in total. The van der Waals surface area contributed by atoms with E-state index in [1.54, 1.807) is 6.07 Å². The van der Waals surface area contributed by atoms with Gasteiger partial charge in [-0.15, -0.1) is 0 Å². The van der Waals surface area contributed by atoms with E-state index in [0.717, 1.165) is 28.1 Å². The molecule has 0 bridgehead atoms. The Morgan fingerprint density at radius 1 is 1.29 bits per heavy atom. The van der Waals surface area contributed by atoms with Gasteiger partial charge in [0.2, 0.25) is 5.91 Å². The van der Waals surface area contributed by atoms with Crippen LogP contribution in [0.4, 0.5) is 5.69 Å². The van der Waals surface area contributed by atoms with Crippen LogP contribution in [-0.2, 0) is 4.79 Å². The first-order chi connectivity index (χ1) is 11.5. The van der Waals surface area contributed by atoms with Gasteiger partial charge in [-0.1, -0.05) is 32.0 Å². The van der Waals surface area contributed by atoms with E-state index in [-0.39, 0.29) is 23.5 Å². The summed E-state index contributed by atoms with van der Waals surface area (Å²) < 4.78 is 5.63. The first-order valence-electron chi connectivity index (χ1n) is 8.33. The van der Waals surface area contributed by atoms with Crippen LogP contribution in [-0.4, -0.2) is 17.6 Å². The number of nitrogens with one attached hydrogen (secondary N) is 1. The summed E-state index contributed by atoms with van der Waals surface area (Å²) in [6, 6.07) is 11.3. The zero-order chi connectivity index (χ0) is 17.3. The van der Waals surface area contributed by atoms with Crippen molar-refractivity contribution in [2.45, 2.75) is 39.0 Å². The molecule has 0 aliphatic carbocycles. The van der Waals surface area contributed by atoms with E-state index in [2.05, 4.69) is 5.32 Å². The molecule has 0 saturated carbocycles. The molecular weight excluding hydrogens is 302 g/mol. The van der Waals surface area contributed by atoms with Crippen LogP contribution in [0, 0.1) is 6.92 Å². The molecule has 0 radical (unpaired) electrons. The van der Waals surface area contributed by atoms with Crippen molar-refractivity contribution >= 4 is 11.6 Å². The lowest BCUT2D eigenvalue weighted by molar-refractivity contribution is -0.118. The molecule has 1 aliphatic heterocycles. The van der Waals surface area contributed by atoms with Gasteiger partial charge in [0.25, 0.3) is 0 Å². The van der Waals surface area contributed by atoms with E-state index in [4.69, 9.17) is 4.74 Å². The molecule has 4 nitrogen and oxygen atoms in total. The molecule has 0 spiro atoms. The monoisotopic (exact) mass is 325 g/mol. The normalized spacial score (nSPS) is 16.4. The van der Waals surface area contributed by atoms with Crippen LogP contribution >= 0.6 is 0 Å². The average molecular weight is 325 g/mol. The lowest BCUT2D eigenvalue weighted by Crippen LogP contribution is -2.26. The summed E-state index contributed by atoms with van der Waals surface area (Å²) in [5.74, 6) is 0.996. The predicted molar refractivity (Wildman–Crippen MR) is 94.9 cm³/mol. The molecular formula is C20H23NO3. The van der Waals surface area contributed by atoms with Gasteiger partial charge in [0.15, 0.2) is 0 Å². The van der Waals surface area contributed by atoms with Crippen molar-refractivity contribution in [2.24, 2.45) is 0 Å². The zero-order valence-electron chi connectivity index (χ0n) is 14.3. The molecule has 126 valence electrons. The van der Waals surface area contributed by atoms with E-state index in [1.165, 1.54) is 0 Å². The lowest BCUT2D eigenvalue weighted by atomic mass is 9.92. The largest absolute Gasteiger partial charge is 0.508 e. The molecule has 2 aromatic rings. The van der Waals surface area contributed by atoms with Crippen LogP contribution in [0.5, 0.6) is 11.5 Å². The minimum Gasteiger partial charge on any atom is -0.508 e. The first kappa shape index (κ1) is 16.4. The molecule has 4 heteroatoms. The van der Waals surface area contributed by atoms with Gasteiger partial charge in [-0.3, -0.25) is 4.79 Å². The second-order valence-corrected chi connectivity index (χ2v) is 6.60. The van der Waals surface area contributed by atoms with Crippen molar-refractivity contribution in [1.82, 2.24) is 0 Å². The Balaban J connectivity index is 1.87. The smallest absolute Gasteiger partial charge is 0.232 e. The van der Waals surface area contributed by atoms with Crippen LogP contribution in [0.1, 0.15) is 48.8 Å². The second kappa shape index (κ2) is 6.56. The molecule has 2 aromatic carbocycles. The first-order valence-corrected chi connectivity index (χ1v) is 8.33. The number of rotatable bonds is 3. The molecule has 1 atom stereocenters. The number of benzene rings is 2. The number of aryl methyl sites for hydroxylation is 1. The number of hydrogen-bond acceptors (Lipinski definition) is 3. The van der Waals surface area contributed by atoms with Gasteiger partial charge < -0.3 is 15.2 Å². The van der Waals surface area contributed by atoms with Crippen LogP contribution in [0.2, 0.25) is 0 Å². The minimum absolute atomic E-state index is 0.0331. The summed E-state index contributed by atoms with van der Waals surface area (Å²) >= 11 is 0. The Hall–Kier alpha value is -2.49. The minimum atomic E-state index is -0.217. The van der Waals surface area contributed by atoms with E-state index in [0.29, 0.717) is 13.0 Å². The summed E-state index contributed by atoms with van der Waals surface area (Å²) in [6.07, 6.45) is 0.664. The van der Waals surface area contributed by atoms with Crippen molar-refractivity contribution in [1.29, 1.82) is 0 Å². The highest BCUT2D eigenvalue weighted by Gasteiger charge is 2.27. The quantitative estimate of drug-likeness (QED) is 0.826. The van der Waals surface area contributed by atoms with Gasteiger partial charge in [-0.05, 0) is 48.6 Å². The number of ether oxygens (including phenoxy) is 1. The summed E-state index contributed by atoms with van der Waals surface area (Å²) in [5, 5.41) is 13.1. The molecule has 3 rings (SSSR count). The number of carbonyl (C=O) groups is 1. The van der Waals surface area contributed by atoms with Crippen molar-refractivity contribution in [3.8, 4) is 11.5 Å². The fraction of sp³-hybridized carbons (Fsp3) is 0.350. The average Bonchev–Trinajstić information content (AvgIpc) is 2.56.